The van der Waals surface area contributed by atoms with Gasteiger partial charge in [-0.1, -0.05) is 42.6 Å². The van der Waals surface area contributed by atoms with Crippen molar-refractivity contribution in [2.24, 2.45) is 0 Å². The lowest BCUT2D eigenvalue weighted by Gasteiger charge is -2.31. The molecular formula is C23H22ClNO4. The molecule has 2 aromatic carbocycles. The van der Waals surface area contributed by atoms with Crippen molar-refractivity contribution in [3.8, 4) is 5.75 Å². The third kappa shape index (κ3) is 3.40. The minimum absolute atomic E-state index is 0.0307. The summed E-state index contributed by atoms with van der Waals surface area (Å²) in [4.78, 5) is 27.8. The maximum atomic E-state index is 13.1. The molecule has 6 heteroatoms. The number of Topliss-reactive ketones (excluding diaryl/α,β-unsaturated/α-hetero) is 1. The number of carbonyl (C=O) groups excluding carboxylic acids is 2. The zero-order valence-corrected chi connectivity index (χ0v) is 16.9. The summed E-state index contributed by atoms with van der Waals surface area (Å²) >= 11 is 5.96. The van der Waals surface area contributed by atoms with E-state index in [9.17, 15) is 14.7 Å². The van der Waals surface area contributed by atoms with E-state index in [1.165, 1.54) is 0 Å². The Balaban J connectivity index is 1.92. The molecule has 5 nitrogen and oxygen atoms in total. The Labute approximate surface area is 174 Å². The van der Waals surface area contributed by atoms with Gasteiger partial charge in [-0.25, -0.2) is 0 Å². The average molecular weight is 412 g/mol. The lowest BCUT2D eigenvalue weighted by molar-refractivity contribution is -0.141. The van der Waals surface area contributed by atoms with E-state index in [4.69, 9.17) is 16.3 Å². The molecule has 1 saturated carbocycles. The van der Waals surface area contributed by atoms with Crippen molar-refractivity contribution in [1.29, 1.82) is 0 Å². The van der Waals surface area contributed by atoms with Crippen LogP contribution in [0, 0.1) is 0 Å². The number of hydrogen-bond acceptors (Lipinski definition) is 4. The molecule has 0 bridgehead atoms. The van der Waals surface area contributed by atoms with Crippen LogP contribution < -0.4 is 4.74 Å². The molecule has 0 spiro atoms. The molecule has 1 amide bonds. The van der Waals surface area contributed by atoms with Crippen molar-refractivity contribution in [1.82, 2.24) is 4.90 Å². The van der Waals surface area contributed by atoms with Crippen molar-refractivity contribution in [2.75, 3.05) is 7.11 Å². The van der Waals surface area contributed by atoms with Gasteiger partial charge >= 0.3 is 0 Å². The summed E-state index contributed by atoms with van der Waals surface area (Å²) in [6, 6.07) is 13.2. The van der Waals surface area contributed by atoms with E-state index >= 15 is 0 Å². The largest absolute Gasteiger partial charge is 0.507 e. The lowest BCUT2D eigenvalue weighted by atomic mass is 9.94. The van der Waals surface area contributed by atoms with Gasteiger partial charge in [-0.2, -0.15) is 0 Å². The molecule has 2 fully saturated rings. The molecule has 1 atom stereocenters. The molecule has 1 heterocycles. The number of aliphatic hydroxyl groups is 1. The van der Waals surface area contributed by atoms with Gasteiger partial charge in [0.2, 0.25) is 0 Å². The molecule has 1 aliphatic carbocycles. The molecule has 2 aromatic rings. The highest BCUT2D eigenvalue weighted by Gasteiger charge is 2.49. The van der Waals surface area contributed by atoms with Crippen LogP contribution >= 0.6 is 11.6 Å². The van der Waals surface area contributed by atoms with Gasteiger partial charge in [-0.05, 0) is 43.2 Å². The van der Waals surface area contributed by atoms with E-state index in [1.807, 2.05) is 18.2 Å². The Bertz CT molecular complexity index is 977. The first kappa shape index (κ1) is 19.5. The first-order valence-corrected chi connectivity index (χ1v) is 10.1. The second-order valence-corrected chi connectivity index (χ2v) is 7.83. The number of ether oxygens (including phenoxy) is 1. The summed E-state index contributed by atoms with van der Waals surface area (Å²) in [7, 11) is 1.56. The molecule has 1 N–H and O–H groups in total. The highest BCUT2D eigenvalue weighted by Crippen LogP contribution is 2.45. The van der Waals surface area contributed by atoms with Gasteiger partial charge < -0.3 is 14.7 Å². The van der Waals surface area contributed by atoms with Gasteiger partial charge in [-0.3, -0.25) is 9.59 Å². The van der Waals surface area contributed by atoms with Crippen LogP contribution in [0.1, 0.15) is 42.9 Å². The van der Waals surface area contributed by atoms with Crippen molar-refractivity contribution >= 4 is 29.1 Å². The van der Waals surface area contributed by atoms with E-state index in [0.717, 1.165) is 25.7 Å². The second-order valence-electron chi connectivity index (χ2n) is 7.39. The smallest absolute Gasteiger partial charge is 0.295 e. The third-order valence-electron chi connectivity index (χ3n) is 5.75. The Morgan fingerprint density at radius 1 is 1.07 bits per heavy atom. The number of benzene rings is 2. The summed E-state index contributed by atoms with van der Waals surface area (Å²) in [5.41, 5.74) is 1.23. The van der Waals surface area contributed by atoms with Crippen molar-refractivity contribution in [3.63, 3.8) is 0 Å². The van der Waals surface area contributed by atoms with Crippen LogP contribution in [0.3, 0.4) is 0 Å². The van der Waals surface area contributed by atoms with Crippen molar-refractivity contribution in [3.05, 3.63) is 70.3 Å². The zero-order chi connectivity index (χ0) is 20.5. The van der Waals surface area contributed by atoms with Gasteiger partial charge in [0, 0.05) is 22.2 Å². The quantitative estimate of drug-likeness (QED) is 0.449. The highest BCUT2D eigenvalue weighted by atomic mass is 35.5. The molecule has 0 aromatic heterocycles. The first-order valence-electron chi connectivity index (χ1n) is 9.72. The molecular weight excluding hydrogens is 390 g/mol. The van der Waals surface area contributed by atoms with Crippen LogP contribution in [0.15, 0.2) is 54.1 Å². The molecule has 2 aliphatic rings. The topological polar surface area (TPSA) is 66.8 Å². The van der Waals surface area contributed by atoms with Gasteiger partial charge in [0.15, 0.2) is 0 Å². The fraction of sp³-hybridized carbons (Fsp3) is 0.304. The van der Waals surface area contributed by atoms with Crippen LogP contribution in [0.2, 0.25) is 5.02 Å². The van der Waals surface area contributed by atoms with E-state index in [1.54, 1.807) is 42.3 Å². The van der Waals surface area contributed by atoms with Crippen LogP contribution in [0.25, 0.3) is 5.76 Å². The number of carbonyl (C=O) groups is 2. The first-order chi connectivity index (χ1) is 14.0. The number of ketones is 1. The van der Waals surface area contributed by atoms with Crippen LogP contribution in [0.4, 0.5) is 0 Å². The fourth-order valence-corrected chi connectivity index (χ4v) is 4.50. The molecule has 0 radical (unpaired) electrons. The number of para-hydroxylation sites is 1. The maximum Gasteiger partial charge on any atom is 0.295 e. The van der Waals surface area contributed by atoms with E-state index in [-0.39, 0.29) is 17.4 Å². The SMILES string of the molecule is COc1ccccc1C1/C(=C(/O)c2ccc(Cl)cc2)C(=O)C(=O)N1C1CCCC1. The fourth-order valence-electron chi connectivity index (χ4n) is 4.37. The predicted molar refractivity (Wildman–Crippen MR) is 111 cm³/mol. The minimum Gasteiger partial charge on any atom is -0.507 e. The summed E-state index contributed by atoms with van der Waals surface area (Å²) < 4.78 is 5.52. The number of hydrogen-bond donors (Lipinski definition) is 1. The van der Waals surface area contributed by atoms with Crippen molar-refractivity contribution < 1.29 is 19.4 Å². The number of halogens is 1. The molecule has 1 saturated heterocycles. The Morgan fingerprint density at radius 3 is 2.38 bits per heavy atom. The summed E-state index contributed by atoms with van der Waals surface area (Å²) in [6.45, 7) is 0. The highest BCUT2D eigenvalue weighted by molar-refractivity contribution is 6.46. The molecule has 4 rings (SSSR count). The average Bonchev–Trinajstić information content (AvgIpc) is 3.35. The standard InChI is InChI=1S/C23H22ClNO4/c1-29-18-9-5-4-8-17(18)20-19(21(26)14-10-12-15(24)13-11-14)22(27)23(28)25(20)16-6-2-3-7-16/h4-5,8-13,16,20,26H,2-3,6-7H2,1H3/b21-19-. The summed E-state index contributed by atoms with van der Waals surface area (Å²) in [5.74, 6) is -0.857. The summed E-state index contributed by atoms with van der Waals surface area (Å²) in [6.07, 6.45) is 3.73. The number of methoxy groups -OCH3 is 1. The third-order valence-corrected chi connectivity index (χ3v) is 6.00. The van der Waals surface area contributed by atoms with Gasteiger partial charge in [-0.15, -0.1) is 0 Å². The Kier molecular flexibility index (Phi) is 5.33. The Morgan fingerprint density at radius 2 is 1.72 bits per heavy atom. The number of likely N-dealkylation sites (tertiary alicyclic amines) is 1. The van der Waals surface area contributed by atoms with Crippen molar-refractivity contribution in [2.45, 2.75) is 37.8 Å². The van der Waals surface area contributed by atoms with E-state index in [2.05, 4.69) is 0 Å². The van der Waals surface area contributed by atoms with E-state index < -0.39 is 17.7 Å². The lowest BCUT2D eigenvalue weighted by Crippen LogP contribution is -2.37. The summed E-state index contributed by atoms with van der Waals surface area (Å²) in [5, 5.41) is 11.6. The van der Waals surface area contributed by atoms with E-state index in [0.29, 0.717) is 21.9 Å². The Hall–Kier alpha value is -2.79. The maximum absolute atomic E-state index is 13.1. The predicted octanol–water partition coefficient (Wildman–Crippen LogP) is 4.71. The molecule has 1 aliphatic heterocycles. The number of rotatable bonds is 4. The minimum atomic E-state index is -0.690. The van der Waals surface area contributed by atoms with Crippen LogP contribution in [0.5, 0.6) is 5.75 Å². The van der Waals surface area contributed by atoms with Gasteiger partial charge in [0.1, 0.15) is 11.5 Å². The van der Waals surface area contributed by atoms with Crippen LogP contribution in [-0.4, -0.2) is 34.8 Å². The normalized spacial score (nSPS) is 21.7. The number of amides is 1. The van der Waals surface area contributed by atoms with Gasteiger partial charge in [0.05, 0.1) is 18.7 Å². The van der Waals surface area contributed by atoms with Crippen LogP contribution in [-0.2, 0) is 9.59 Å². The number of aliphatic hydroxyl groups excluding tert-OH is 1. The second kappa shape index (κ2) is 7.91. The monoisotopic (exact) mass is 411 g/mol. The zero-order valence-electron chi connectivity index (χ0n) is 16.1. The molecule has 1 unspecified atom stereocenters. The number of nitrogens with zero attached hydrogens (tertiary/aromatic N) is 1. The molecule has 150 valence electrons. The molecule has 29 heavy (non-hydrogen) atoms. The van der Waals surface area contributed by atoms with Gasteiger partial charge in [0.25, 0.3) is 11.7 Å².